The Morgan fingerprint density at radius 2 is 2.04 bits per heavy atom. The highest BCUT2D eigenvalue weighted by Crippen LogP contribution is 2.31. The van der Waals surface area contributed by atoms with Crippen molar-refractivity contribution in [3.8, 4) is 5.75 Å². The number of hydrogen-bond acceptors (Lipinski definition) is 6. The number of thiazole rings is 1. The van der Waals surface area contributed by atoms with E-state index in [0.29, 0.717) is 23.5 Å². The Morgan fingerprint density at radius 3 is 2.67 bits per heavy atom. The van der Waals surface area contributed by atoms with E-state index in [9.17, 15) is 18.0 Å². The van der Waals surface area contributed by atoms with Crippen LogP contribution in [0.3, 0.4) is 0 Å². The lowest BCUT2D eigenvalue weighted by Gasteiger charge is -2.05. The maximum Gasteiger partial charge on any atom is 0.443 e. The first-order valence-electron chi connectivity index (χ1n) is 8.31. The number of ketones is 1. The number of alkyl halides is 3. The van der Waals surface area contributed by atoms with Crippen molar-refractivity contribution in [2.75, 3.05) is 6.61 Å². The topological polar surface area (TPSA) is 60.8 Å². The summed E-state index contributed by atoms with van der Waals surface area (Å²) in [6, 6.07) is 7.24. The molecule has 0 radical (unpaired) electrons. The largest absolute Gasteiger partial charge is 0.486 e. The van der Waals surface area contributed by atoms with Crippen molar-refractivity contribution in [2.24, 2.45) is 11.1 Å². The Balaban J connectivity index is 1.37. The van der Waals surface area contributed by atoms with Crippen LogP contribution in [0.5, 0.6) is 5.75 Å². The fraction of sp³-hybridized carbons (Fsp3) is 0.389. The summed E-state index contributed by atoms with van der Waals surface area (Å²) in [4.78, 5) is 20.0. The summed E-state index contributed by atoms with van der Waals surface area (Å²) < 4.78 is 42.8. The minimum atomic E-state index is -4.44. The van der Waals surface area contributed by atoms with Gasteiger partial charge in [0, 0.05) is 23.9 Å². The summed E-state index contributed by atoms with van der Waals surface area (Å²) >= 11 is 0.528. The third kappa shape index (κ3) is 6.06. The van der Waals surface area contributed by atoms with Gasteiger partial charge in [-0.05, 0) is 30.5 Å². The molecule has 0 unspecified atom stereocenters. The SMILES string of the molecule is O=C(COc1ccc(CC=NOCc2csc(C(F)(F)F)n2)cc1)C1CC1. The molecule has 2 aromatic rings. The molecule has 9 heteroatoms. The molecule has 5 nitrogen and oxygen atoms in total. The van der Waals surface area contributed by atoms with Gasteiger partial charge in [-0.15, -0.1) is 11.3 Å². The average molecular weight is 398 g/mol. The smallest absolute Gasteiger partial charge is 0.443 e. The van der Waals surface area contributed by atoms with Gasteiger partial charge in [-0.1, -0.05) is 17.3 Å². The Labute approximate surface area is 157 Å². The molecule has 1 fully saturated rings. The summed E-state index contributed by atoms with van der Waals surface area (Å²) in [7, 11) is 0. The van der Waals surface area contributed by atoms with Gasteiger partial charge in [0.1, 0.15) is 12.4 Å². The molecule has 0 aliphatic heterocycles. The van der Waals surface area contributed by atoms with Gasteiger partial charge in [0.15, 0.2) is 17.4 Å². The quantitative estimate of drug-likeness (QED) is 0.468. The fourth-order valence-corrected chi connectivity index (χ4v) is 2.87. The first-order chi connectivity index (χ1) is 12.9. The third-order valence-corrected chi connectivity index (χ3v) is 4.76. The molecule has 1 saturated carbocycles. The average Bonchev–Trinajstić information content (AvgIpc) is 3.37. The van der Waals surface area contributed by atoms with Crippen molar-refractivity contribution >= 4 is 23.3 Å². The van der Waals surface area contributed by atoms with Crippen LogP contribution in [0.1, 0.15) is 29.1 Å². The fourth-order valence-electron chi connectivity index (χ4n) is 2.20. The second-order valence-electron chi connectivity index (χ2n) is 6.08. The lowest BCUT2D eigenvalue weighted by molar-refractivity contribution is -0.137. The highest BCUT2D eigenvalue weighted by atomic mass is 32.1. The second kappa shape index (κ2) is 8.51. The van der Waals surface area contributed by atoms with Crippen LogP contribution in [0.25, 0.3) is 0 Å². The van der Waals surface area contributed by atoms with E-state index < -0.39 is 11.2 Å². The summed E-state index contributed by atoms with van der Waals surface area (Å²) in [5, 5.41) is 4.12. The molecular weight excluding hydrogens is 381 g/mol. The lowest BCUT2D eigenvalue weighted by Crippen LogP contribution is -2.12. The Hall–Kier alpha value is -2.42. The highest BCUT2D eigenvalue weighted by Gasteiger charge is 2.34. The number of nitrogens with zero attached hydrogens (tertiary/aromatic N) is 2. The number of benzene rings is 1. The molecule has 3 rings (SSSR count). The number of carbonyl (C=O) groups is 1. The molecule has 1 aliphatic carbocycles. The molecule has 1 heterocycles. The van der Waals surface area contributed by atoms with Crippen LogP contribution >= 0.6 is 11.3 Å². The van der Waals surface area contributed by atoms with Gasteiger partial charge in [-0.25, -0.2) is 4.98 Å². The second-order valence-corrected chi connectivity index (χ2v) is 6.94. The Bertz CT molecular complexity index is 799. The van der Waals surface area contributed by atoms with Gasteiger partial charge in [0.05, 0.1) is 5.69 Å². The standard InChI is InChI=1S/C18H17F3N2O3S/c19-18(20,21)17-23-14(11-27-17)9-26-22-8-7-12-1-5-15(6-2-12)25-10-16(24)13-3-4-13/h1-2,5-6,8,11,13H,3-4,7,9-10H2. The van der Waals surface area contributed by atoms with E-state index in [1.807, 2.05) is 12.1 Å². The zero-order valence-electron chi connectivity index (χ0n) is 14.2. The number of aromatic nitrogens is 1. The molecule has 1 aromatic carbocycles. The molecule has 27 heavy (non-hydrogen) atoms. The first kappa shape index (κ1) is 19.3. The lowest BCUT2D eigenvalue weighted by atomic mass is 10.1. The van der Waals surface area contributed by atoms with Crippen molar-refractivity contribution in [2.45, 2.75) is 32.0 Å². The van der Waals surface area contributed by atoms with Crippen molar-refractivity contribution in [3.63, 3.8) is 0 Å². The number of halogens is 3. The van der Waals surface area contributed by atoms with Crippen LogP contribution in [0.4, 0.5) is 13.2 Å². The molecule has 0 saturated heterocycles. The molecule has 0 N–H and O–H groups in total. The zero-order valence-corrected chi connectivity index (χ0v) is 15.1. The van der Waals surface area contributed by atoms with E-state index in [1.54, 1.807) is 12.1 Å². The van der Waals surface area contributed by atoms with Crippen molar-refractivity contribution in [1.29, 1.82) is 0 Å². The Morgan fingerprint density at radius 1 is 1.30 bits per heavy atom. The van der Waals surface area contributed by atoms with E-state index in [4.69, 9.17) is 9.57 Å². The van der Waals surface area contributed by atoms with Crippen LogP contribution in [0.2, 0.25) is 0 Å². The molecule has 0 amide bonds. The number of rotatable bonds is 9. The third-order valence-electron chi connectivity index (χ3n) is 3.82. The van der Waals surface area contributed by atoms with E-state index >= 15 is 0 Å². The summed E-state index contributed by atoms with van der Waals surface area (Å²) in [5.74, 6) is 0.959. The van der Waals surface area contributed by atoms with Crippen LogP contribution in [-0.2, 0) is 28.8 Å². The molecule has 144 valence electrons. The van der Waals surface area contributed by atoms with Crippen molar-refractivity contribution in [3.05, 3.63) is 45.9 Å². The summed E-state index contributed by atoms with van der Waals surface area (Å²) in [5.41, 5.74) is 1.14. The van der Waals surface area contributed by atoms with Gasteiger partial charge in [-0.2, -0.15) is 13.2 Å². The van der Waals surface area contributed by atoms with Crippen LogP contribution in [0.15, 0.2) is 34.8 Å². The predicted molar refractivity (Wildman–Crippen MR) is 93.8 cm³/mol. The minimum Gasteiger partial charge on any atom is -0.486 e. The number of Topliss-reactive ketones (excluding diaryl/α,β-unsaturated/α-hetero) is 1. The number of hydrogen-bond donors (Lipinski definition) is 0. The van der Waals surface area contributed by atoms with Crippen molar-refractivity contribution in [1.82, 2.24) is 4.98 Å². The van der Waals surface area contributed by atoms with Crippen LogP contribution < -0.4 is 4.74 Å². The molecular formula is C18H17F3N2O3S. The number of ether oxygens (including phenoxy) is 1. The van der Waals surface area contributed by atoms with Gasteiger partial charge in [0.2, 0.25) is 0 Å². The van der Waals surface area contributed by atoms with Crippen LogP contribution in [0, 0.1) is 5.92 Å². The first-order valence-corrected chi connectivity index (χ1v) is 9.19. The normalized spacial score (nSPS) is 14.5. The van der Waals surface area contributed by atoms with E-state index in [2.05, 4.69) is 10.1 Å². The van der Waals surface area contributed by atoms with Gasteiger partial charge >= 0.3 is 6.18 Å². The monoisotopic (exact) mass is 398 g/mol. The zero-order chi connectivity index (χ0) is 19.3. The molecule has 0 spiro atoms. The van der Waals surface area contributed by atoms with Crippen molar-refractivity contribution < 1.29 is 27.5 Å². The predicted octanol–water partition coefficient (Wildman–Crippen LogP) is 4.26. The van der Waals surface area contributed by atoms with Gasteiger partial charge in [-0.3, -0.25) is 4.79 Å². The van der Waals surface area contributed by atoms with E-state index in [0.717, 1.165) is 18.4 Å². The van der Waals surface area contributed by atoms with Gasteiger partial charge in [0.25, 0.3) is 0 Å². The number of oxime groups is 1. The van der Waals surface area contributed by atoms with Crippen LogP contribution in [-0.4, -0.2) is 23.6 Å². The molecule has 1 aromatic heterocycles. The van der Waals surface area contributed by atoms with Gasteiger partial charge < -0.3 is 9.57 Å². The van der Waals surface area contributed by atoms with E-state index in [-0.39, 0.29) is 30.6 Å². The maximum absolute atomic E-state index is 12.4. The molecule has 1 aliphatic rings. The summed E-state index contributed by atoms with van der Waals surface area (Å²) in [6.07, 6.45) is -0.494. The molecule has 0 bridgehead atoms. The minimum absolute atomic E-state index is 0.103. The Kier molecular flexibility index (Phi) is 6.10. The highest BCUT2D eigenvalue weighted by molar-refractivity contribution is 7.09. The number of carbonyl (C=O) groups excluding carboxylic acids is 1. The molecule has 0 atom stereocenters. The summed E-state index contributed by atoms with van der Waals surface area (Å²) in [6.45, 7) is -0.0170. The maximum atomic E-state index is 12.4. The van der Waals surface area contributed by atoms with E-state index in [1.165, 1.54) is 11.6 Å².